The number of hydrogen-bond donors (Lipinski definition) is 0. The average molecular weight is 273 g/mol. The van der Waals surface area contributed by atoms with E-state index in [-0.39, 0.29) is 12.6 Å². The van der Waals surface area contributed by atoms with Crippen molar-refractivity contribution in [2.24, 2.45) is 0 Å². The molecule has 1 aromatic carbocycles. The summed E-state index contributed by atoms with van der Waals surface area (Å²) >= 11 is 0. The molecule has 0 bridgehead atoms. The van der Waals surface area contributed by atoms with Crippen molar-refractivity contribution in [1.29, 1.82) is 0 Å². The first-order valence-corrected chi connectivity index (χ1v) is 6.79. The van der Waals surface area contributed by atoms with E-state index in [1.807, 2.05) is 43.5 Å². The van der Waals surface area contributed by atoms with E-state index >= 15 is 0 Å². The Kier molecular flexibility index (Phi) is 3.93. The van der Waals surface area contributed by atoms with Crippen molar-refractivity contribution in [3.63, 3.8) is 0 Å². The molecule has 0 N–H and O–H groups in total. The van der Waals surface area contributed by atoms with Crippen LogP contribution in [0, 0.1) is 6.92 Å². The summed E-state index contributed by atoms with van der Waals surface area (Å²) in [4.78, 5) is 23.9. The molecule has 1 aromatic heterocycles. The fourth-order valence-corrected chi connectivity index (χ4v) is 2.48. The largest absolute Gasteiger partial charge is 0.460 e. The monoisotopic (exact) mass is 273 g/mol. The van der Waals surface area contributed by atoms with Crippen LogP contribution in [0.15, 0.2) is 24.3 Å². The smallest absolute Gasteiger partial charge is 0.381 e. The summed E-state index contributed by atoms with van der Waals surface area (Å²) in [5, 5.41) is 0.964. The molecule has 0 radical (unpaired) electrons. The normalized spacial score (nSPS) is 11.1. The molecule has 0 aliphatic heterocycles. The van der Waals surface area contributed by atoms with E-state index in [1.165, 1.54) is 0 Å². The third kappa shape index (κ3) is 2.33. The highest BCUT2D eigenvalue weighted by Gasteiger charge is 2.24. The topological polar surface area (TPSA) is 48.3 Å². The number of hydrogen-bond acceptors (Lipinski definition) is 3. The molecule has 0 saturated carbocycles. The molecular weight excluding hydrogens is 254 g/mol. The Bertz CT molecular complexity index is 668. The van der Waals surface area contributed by atoms with Gasteiger partial charge in [-0.1, -0.05) is 18.2 Å². The molecular formula is C16H19NO3. The quantitative estimate of drug-likeness (QED) is 0.488. The number of aryl methyl sites for hydroxylation is 1. The van der Waals surface area contributed by atoms with Crippen LogP contribution in [0.2, 0.25) is 0 Å². The molecule has 20 heavy (non-hydrogen) atoms. The van der Waals surface area contributed by atoms with Crippen LogP contribution in [-0.4, -0.2) is 22.9 Å². The summed E-state index contributed by atoms with van der Waals surface area (Å²) in [7, 11) is 0. The molecule has 0 aliphatic carbocycles. The molecule has 0 aliphatic rings. The molecule has 1 heterocycles. The third-order valence-electron chi connectivity index (χ3n) is 3.27. The van der Waals surface area contributed by atoms with E-state index < -0.39 is 11.8 Å². The zero-order valence-corrected chi connectivity index (χ0v) is 12.3. The summed E-state index contributed by atoms with van der Waals surface area (Å²) in [6.07, 6.45) is 0. The fourth-order valence-electron chi connectivity index (χ4n) is 2.48. The van der Waals surface area contributed by atoms with E-state index in [4.69, 9.17) is 4.74 Å². The number of ketones is 1. The predicted molar refractivity (Wildman–Crippen MR) is 78.0 cm³/mol. The lowest BCUT2D eigenvalue weighted by Gasteiger charge is -2.14. The second-order valence-corrected chi connectivity index (χ2v) is 5.06. The molecule has 0 atom stereocenters. The van der Waals surface area contributed by atoms with Gasteiger partial charge < -0.3 is 9.30 Å². The molecule has 4 heteroatoms. The number of carbonyl (C=O) groups is 2. The number of carbonyl (C=O) groups excluding carboxylic acids is 2. The average Bonchev–Trinajstić information content (AvgIpc) is 2.79. The number of para-hydroxylation sites is 1. The number of ether oxygens (including phenoxy) is 1. The molecule has 4 nitrogen and oxygen atoms in total. The van der Waals surface area contributed by atoms with Crippen LogP contribution in [0.4, 0.5) is 0 Å². The van der Waals surface area contributed by atoms with Crippen LogP contribution in [0.1, 0.15) is 42.9 Å². The highest BCUT2D eigenvalue weighted by molar-refractivity contribution is 6.40. The SMILES string of the molecule is CCOC(=O)C(=O)c1cc2cccc(C)c2n1C(C)C. The summed E-state index contributed by atoms with van der Waals surface area (Å²) in [6, 6.07) is 7.74. The van der Waals surface area contributed by atoms with Gasteiger partial charge in [-0.25, -0.2) is 4.79 Å². The highest BCUT2D eigenvalue weighted by atomic mass is 16.5. The summed E-state index contributed by atoms with van der Waals surface area (Å²) in [5.41, 5.74) is 2.47. The van der Waals surface area contributed by atoms with E-state index in [0.29, 0.717) is 5.69 Å². The number of rotatable bonds is 4. The van der Waals surface area contributed by atoms with Crippen LogP contribution in [0.3, 0.4) is 0 Å². The maximum absolute atomic E-state index is 12.2. The Morgan fingerprint density at radius 1 is 1.30 bits per heavy atom. The van der Waals surface area contributed by atoms with Crippen molar-refractivity contribution in [2.45, 2.75) is 33.7 Å². The Morgan fingerprint density at radius 3 is 2.60 bits per heavy atom. The Labute approximate surface area is 118 Å². The van der Waals surface area contributed by atoms with E-state index in [1.54, 1.807) is 13.0 Å². The molecule has 2 aromatic rings. The van der Waals surface area contributed by atoms with E-state index in [9.17, 15) is 9.59 Å². The van der Waals surface area contributed by atoms with Crippen molar-refractivity contribution < 1.29 is 14.3 Å². The van der Waals surface area contributed by atoms with E-state index in [2.05, 4.69) is 0 Å². The minimum Gasteiger partial charge on any atom is -0.460 e. The summed E-state index contributed by atoms with van der Waals surface area (Å²) in [5.74, 6) is -1.38. The zero-order chi connectivity index (χ0) is 14.9. The maximum atomic E-state index is 12.2. The van der Waals surface area contributed by atoms with Crippen LogP contribution in [-0.2, 0) is 9.53 Å². The van der Waals surface area contributed by atoms with Crippen LogP contribution >= 0.6 is 0 Å². The summed E-state index contributed by atoms with van der Waals surface area (Å²) in [6.45, 7) is 7.88. The minimum absolute atomic E-state index is 0.0852. The number of fused-ring (bicyclic) bond motifs is 1. The number of Topliss-reactive ketones (excluding diaryl/α,β-unsaturated/α-hetero) is 1. The Balaban J connectivity index is 2.64. The molecule has 0 amide bonds. The lowest BCUT2D eigenvalue weighted by Crippen LogP contribution is -2.21. The molecule has 0 saturated heterocycles. The molecule has 2 rings (SSSR count). The molecule has 0 unspecified atom stereocenters. The minimum atomic E-state index is -0.796. The Morgan fingerprint density at radius 2 is 2.00 bits per heavy atom. The number of aromatic nitrogens is 1. The van der Waals surface area contributed by atoms with Crippen LogP contribution < -0.4 is 0 Å². The predicted octanol–water partition coefficient (Wildman–Crippen LogP) is 3.28. The van der Waals surface area contributed by atoms with Crippen LogP contribution in [0.5, 0.6) is 0 Å². The maximum Gasteiger partial charge on any atom is 0.381 e. The lowest BCUT2D eigenvalue weighted by molar-refractivity contribution is -0.137. The van der Waals surface area contributed by atoms with Gasteiger partial charge in [0, 0.05) is 11.4 Å². The zero-order valence-electron chi connectivity index (χ0n) is 12.3. The van der Waals surface area contributed by atoms with Gasteiger partial charge >= 0.3 is 5.97 Å². The fraction of sp³-hybridized carbons (Fsp3) is 0.375. The van der Waals surface area contributed by atoms with Crippen molar-refractivity contribution >= 4 is 22.7 Å². The number of nitrogens with zero attached hydrogens (tertiary/aromatic N) is 1. The number of benzene rings is 1. The molecule has 106 valence electrons. The number of esters is 1. The standard InChI is InChI=1S/C16H19NO3/c1-5-20-16(19)15(18)13-9-12-8-6-7-11(4)14(12)17(13)10(2)3/h6-10H,5H2,1-4H3. The van der Waals surface area contributed by atoms with E-state index in [0.717, 1.165) is 16.5 Å². The van der Waals surface area contributed by atoms with Crippen LogP contribution in [0.25, 0.3) is 10.9 Å². The van der Waals surface area contributed by atoms with Gasteiger partial charge in [-0.05, 0) is 39.3 Å². The van der Waals surface area contributed by atoms with Gasteiger partial charge in [-0.3, -0.25) is 4.79 Å². The molecule has 0 fully saturated rings. The van der Waals surface area contributed by atoms with Gasteiger partial charge in [0.1, 0.15) is 0 Å². The van der Waals surface area contributed by atoms with Gasteiger partial charge in [-0.2, -0.15) is 0 Å². The van der Waals surface area contributed by atoms with Gasteiger partial charge in [0.15, 0.2) is 0 Å². The van der Waals surface area contributed by atoms with Gasteiger partial charge in [-0.15, -0.1) is 0 Å². The highest BCUT2D eigenvalue weighted by Crippen LogP contribution is 2.27. The van der Waals surface area contributed by atoms with Gasteiger partial charge in [0.25, 0.3) is 5.78 Å². The second-order valence-electron chi connectivity index (χ2n) is 5.06. The first-order valence-electron chi connectivity index (χ1n) is 6.79. The van der Waals surface area contributed by atoms with Crippen molar-refractivity contribution in [2.75, 3.05) is 6.61 Å². The lowest BCUT2D eigenvalue weighted by atomic mass is 10.1. The molecule has 0 spiro atoms. The van der Waals surface area contributed by atoms with Crippen molar-refractivity contribution in [3.05, 3.63) is 35.5 Å². The van der Waals surface area contributed by atoms with Crippen molar-refractivity contribution in [1.82, 2.24) is 4.57 Å². The third-order valence-corrected chi connectivity index (χ3v) is 3.27. The second kappa shape index (κ2) is 5.49. The Hall–Kier alpha value is -2.10. The van der Waals surface area contributed by atoms with Gasteiger partial charge in [0.05, 0.1) is 17.8 Å². The van der Waals surface area contributed by atoms with Gasteiger partial charge in [0.2, 0.25) is 0 Å². The first-order chi connectivity index (χ1) is 9.47. The van der Waals surface area contributed by atoms with Crippen molar-refractivity contribution in [3.8, 4) is 0 Å². The first kappa shape index (κ1) is 14.3. The summed E-state index contributed by atoms with van der Waals surface area (Å²) < 4.78 is 6.72.